The smallest absolute Gasteiger partial charge is 0.337 e. The molecule has 2 N–H and O–H groups in total. The van der Waals surface area contributed by atoms with Crippen LogP contribution in [0.5, 0.6) is 0 Å². The third-order valence-electron chi connectivity index (χ3n) is 3.61. The molecule has 5 heteroatoms. The number of likely N-dealkylation sites (tertiary alicyclic amines) is 1. The first-order valence-electron chi connectivity index (χ1n) is 6.59. The van der Waals surface area contributed by atoms with Crippen molar-refractivity contribution >= 4 is 27.6 Å². The minimum atomic E-state index is -0.892. The van der Waals surface area contributed by atoms with Gasteiger partial charge < -0.3 is 15.3 Å². The topological polar surface area (TPSA) is 52.6 Å². The summed E-state index contributed by atoms with van der Waals surface area (Å²) in [4.78, 5) is 13.6. The summed E-state index contributed by atoms with van der Waals surface area (Å²) >= 11 is 3.38. The molecule has 1 aliphatic heterocycles. The lowest BCUT2D eigenvalue weighted by Gasteiger charge is -2.15. The second-order valence-corrected chi connectivity index (χ2v) is 5.84. The molecule has 1 aromatic rings. The van der Waals surface area contributed by atoms with Gasteiger partial charge in [-0.25, -0.2) is 4.79 Å². The van der Waals surface area contributed by atoms with Gasteiger partial charge in [0.1, 0.15) is 0 Å². The monoisotopic (exact) mass is 326 g/mol. The Kier molecular flexibility index (Phi) is 4.82. The van der Waals surface area contributed by atoms with Crippen LogP contribution in [0.25, 0.3) is 0 Å². The van der Waals surface area contributed by atoms with Gasteiger partial charge in [-0.1, -0.05) is 22.9 Å². The van der Waals surface area contributed by atoms with Crippen LogP contribution in [-0.2, 0) is 0 Å². The van der Waals surface area contributed by atoms with E-state index in [1.807, 2.05) is 6.07 Å². The second-order valence-electron chi connectivity index (χ2n) is 4.92. The largest absolute Gasteiger partial charge is 0.478 e. The maximum Gasteiger partial charge on any atom is 0.337 e. The first-order chi connectivity index (χ1) is 9.10. The highest BCUT2D eigenvalue weighted by Crippen LogP contribution is 2.23. The second kappa shape index (κ2) is 6.39. The Labute approximate surface area is 121 Å². The van der Waals surface area contributed by atoms with Gasteiger partial charge in [-0.3, -0.25) is 0 Å². The molecular weight excluding hydrogens is 308 g/mol. The fourth-order valence-corrected chi connectivity index (χ4v) is 2.83. The van der Waals surface area contributed by atoms with Gasteiger partial charge in [-0.15, -0.1) is 0 Å². The third kappa shape index (κ3) is 3.70. The quantitative estimate of drug-likeness (QED) is 0.873. The van der Waals surface area contributed by atoms with Crippen LogP contribution in [0.2, 0.25) is 0 Å². The van der Waals surface area contributed by atoms with E-state index in [2.05, 4.69) is 33.1 Å². The minimum Gasteiger partial charge on any atom is -0.478 e. The number of anilines is 1. The zero-order valence-corrected chi connectivity index (χ0v) is 12.6. The molecule has 0 spiro atoms. The van der Waals surface area contributed by atoms with Crippen LogP contribution in [0.4, 0.5) is 5.69 Å². The number of carboxylic acids is 1. The molecule has 0 bridgehead atoms. The highest BCUT2D eigenvalue weighted by atomic mass is 79.9. The maximum atomic E-state index is 11.2. The molecule has 2 rings (SSSR count). The number of nitrogens with one attached hydrogen (secondary N) is 1. The molecule has 0 radical (unpaired) electrons. The summed E-state index contributed by atoms with van der Waals surface area (Å²) in [6.07, 6.45) is 1.18. The Hall–Kier alpha value is -1.07. The van der Waals surface area contributed by atoms with Gasteiger partial charge in [0.2, 0.25) is 0 Å². The number of halogens is 1. The van der Waals surface area contributed by atoms with E-state index in [4.69, 9.17) is 5.11 Å². The molecule has 0 aromatic heterocycles. The van der Waals surface area contributed by atoms with Gasteiger partial charge in [-0.05, 0) is 43.6 Å². The number of rotatable bonds is 5. The normalized spacial score (nSPS) is 19.6. The Morgan fingerprint density at radius 1 is 1.58 bits per heavy atom. The highest BCUT2D eigenvalue weighted by molar-refractivity contribution is 9.10. The molecule has 0 saturated carbocycles. The predicted octanol–water partition coefficient (Wildman–Crippen LogP) is 2.90. The lowest BCUT2D eigenvalue weighted by Crippen LogP contribution is -2.22. The molecule has 1 aromatic carbocycles. The average Bonchev–Trinajstić information content (AvgIpc) is 2.84. The van der Waals surface area contributed by atoms with Crippen molar-refractivity contribution in [1.29, 1.82) is 0 Å². The van der Waals surface area contributed by atoms with Crippen molar-refractivity contribution in [1.82, 2.24) is 4.90 Å². The van der Waals surface area contributed by atoms with Crippen LogP contribution in [0.15, 0.2) is 22.7 Å². The number of benzene rings is 1. The average molecular weight is 327 g/mol. The number of nitrogens with zero attached hydrogens (tertiary/aromatic N) is 1. The van der Waals surface area contributed by atoms with E-state index in [0.717, 1.165) is 30.7 Å². The first-order valence-corrected chi connectivity index (χ1v) is 7.38. The van der Waals surface area contributed by atoms with Crippen molar-refractivity contribution < 1.29 is 9.90 Å². The Balaban J connectivity index is 1.99. The maximum absolute atomic E-state index is 11.2. The van der Waals surface area contributed by atoms with E-state index in [1.54, 1.807) is 12.1 Å². The zero-order valence-electron chi connectivity index (χ0n) is 11.0. The molecule has 1 saturated heterocycles. The van der Waals surface area contributed by atoms with Crippen LogP contribution >= 0.6 is 15.9 Å². The number of hydrogen-bond donors (Lipinski definition) is 2. The summed E-state index contributed by atoms with van der Waals surface area (Å²) in [5.41, 5.74) is 1.02. The molecule has 1 atom stereocenters. The predicted molar refractivity (Wildman–Crippen MR) is 79.8 cm³/mol. The number of carbonyl (C=O) groups is 1. The van der Waals surface area contributed by atoms with E-state index in [9.17, 15) is 4.79 Å². The van der Waals surface area contributed by atoms with E-state index >= 15 is 0 Å². The van der Waals surface area contributed by atoms with Crippen molar-refractivity contribution in [3.8, 4) is 0 Å². The van der Waals surface area contributed by atoms with Gasteiger partial charge in [-0.2, -0.15) is 0 Å². The lowest BCUT2D eigenvalue weighted by molar-refractivity contribution is 0.0698. The number of carboxylic acid groups (broad SMARTS) is 1. The van der Waals surface area contributed by atoms with Gasteiger partial charge >= 0.3 is 5.97 Å². The summed E-state index contributed by atoms with van der Waals surface area (Å²) in [5.74, 6) is -0.294. The van der Waals surface area contributed by atoms with Gasteiger partial charge in [0.05, 0.1) is 5.56 Å². The number of aromatic carboxylic acids is 1. The van der Waals surface area contributed by atoms with Crippen molar-refractivity contribution in [2.24, 2.45) is 5.92 Å². The highest BCUT2D eigenvalue weighted by Gasteiger charge is 2.21. The lowest BCUT2D eigenvalue weighted by atomic mass is 10.1. The third-order valence-corrected chi connectivity index (χ3v) is 4.10. The first kappa shape index (κ1) is 14.3. The van der Waals surface area contributed by atoms with Gasteiger partial charge in [0.25, 0.3) is 0 Å². The van der Waals surface area contributed by atoms with Crippen LogP contribution in [-0.4, -0.2) is 42.2 Å². The number of hydrogen-bond acceptors (Lipinski definition) is 3. The molecule has 0 aliphatic carbocycles. The SMILES string of the molecule is CCN1CCC(CNc2cc(Br)ccc2C(=O)O)C1. The fraction of sp³-hybridized carbons (Fsp3) is 0.500. The van der Waals surface area contributed by atoms with Crippen LogP contribution < -0.4 is 5.32 Å². The van der Waals surface area contributed by atoms with E-state index in [0.29, 0.717) is 17.2 Å². The molecule has 0 amide bonds. The van der Waals surface area contributed by atoms with E-state index < -0.39 is 5.97 Å². The van der Waals surface area contributed by atoms with Crippen LogP contribution in [0, 0.1) is 5.92 Å². The summed E-state index contributed by atoms with van der Waals surface area (Å²) in [5, 5.41) is 12.4. The molecule has 19 heavy (non-hydrogen) atoms. The fourth-order valence-electron chi connectivity index (χ4n) is 2.47. The molecule has 1 unspecified atom stereocenters. The van der Waals surface area contributed by atoms with E-state index in [-0.39, 0.29) is 0 Å². The molecular formula is C14H19BrN2O2. The van der Waals surface area contributed by atoms with E-state index in [1.165, 1.54) is 6.42 Å². The molecule has 4 nitrogen and oxygen atoms in total. The van der Waals surface area contributed by atoms with Crippen LogP contribution in [0.1, 0.15) is 23.7 Å². The molecule has 1 heterocycles. The Bertz CT molecular complexity index is 465. The summed E-state index contributed by atoms with van der Waals surface area (Å²) < 4.78 is 0.890. The minimum absolute atomic E-state index is 0.327. The molecule has 1 aliphatic rings. The summed E-state index contributed by atoms with van der Waals surface area (Å²) in [6.45, 7) is 6.33. The van der Waals surface area contributed by atoms with Crippen molar-refractivity contribution in [2.45, 2.75) is 13.3 Å². The van der Waals surface area contributed by atoms with Crippen molar-refractivity contribution in [2.75, 3.05) is 31.5 Å². The Morgan fingerprint density at radius 2 is 2.37 bits per heavy atom. The van der Waals surface area contributed by atoms with Crippen molar-refractivity contribution in [3.05, 3.63) is 28.2 Å². The standard InChI is InChI=1S/C14H19BrN2O2/c1-2-17-6-5-10(9-17)8-16-13-7-11(15)3-4-12(13)14(18)19/h3-4,7,10,16H,2,5-6,8-9H2,1H3,(H,18,19). The van der Waals surface area contributed by atoms with Crippen molar-refractivity contribution in [3.63, 3.8) is 0 Å². The van der Waals surface area contributed by atoms with Crippen LogP contribution in [0.3, 0.4) is 0 Å². The van der Waals surface area contributed by atoms with Gasteiger partial charge in [0.15, 0.2) is 0 Å². The molecule has 104 valence electrons. The summed E-state index contributed by atoms with van der Waals surface area (Å²) in [6, 6.07) is 5.21. The molecule has 1 fully saturated rings. The Morgan fingerprint density at radius 3 is 3.00 bits per heavy atom. The zero-order chi connectivity index (χ0) is 13.8. The van der Waals surface area contributed by atoms with Gasteiger partial charge in [0, 0.05) is 23.2 Å². The summed E-state index contributed by atoms with van der Waals surface area (Å²) in [7, 11) is 0.